The first-order valence-corrected chi connectivity index (χ1v) is 13.8. The first kappa shape index (κ1) is 28.9. The first-order chi connectivity index (χ1) is 16.4. The third-order valence-electron chi connectivity index (χ3n) is 5.34. The number of hydrogen-bond acceptors (Lipinski definition) is 4. The molecular formula is C24H30Cl2FN3O4S. The summed E-state index contributed by atoms with van der Waals surface area (Å²) >= 11 is 12.3. The largest absolute Gasteiger partial charge is 0.354 e. The van der Waals surface area contributed by atoms with Crippen molar-refractivity contribution in [2.45, 2.75) is 45.7 Å². The van der Waals surface area contributed by atoms with Crippen LogP contribution in [0.4, 0.5) is 10.1 Å². The van der Waals surface area contributed by atoms with E-state index in [1.807, 2.05) is 6.92 Å². The van der Waals surface area contributed by atoms with Gasteiger partial charge in [-0.2, -0.15) is 0 Å². The zero-order valence-electron chi connectivity index (χ0n) is 19.9. The summed E-state index contributed by atoms with van der Waals surface area (Å²) in [6.07, 6.45) is 1.98. The average molecular weight is 546 g/mol. The maximum Gasteiger partial charge on any atom is 0.242 e. The molecule has 2 aromatic carbocycles. The van der Waals surface area contributed by atoms with E-state index >= 15 is 0 Å². The van der Waals surface area contributed by atoms with Crippen LogP contribution in [0.1, 0.15) is 38.7 Å². The fourth-order valence-electron chi connectivity index (χ4n) is 3.42. The molecule has 0 aromatic heterocycles. The Morgan fingerprint density at radius 1 is 1.11 bits per heavy atom. The van der Waals surface area contributed by atoms with Gasteiger partial charge in [-0.25, -0.2) is 12.8 Å². The Hall–Kier alpha value is -2.36. The zero-order chi connectivity index (χ0) is 26.2. The number of nitrogens with zero attached hydrogens (tertiary/aromatic N) is 2. The summed E-state index contributed by atoms with van der Waals surface area (Å²) < 4.78 is 39.0. The number of carbonyl (C=O) groups excluding carboxylic acids is 2. The molecule has 2 aromatic rings. The molecule has 0 saturated heterocycles. The van der Waals surface area contributed by atoms with Gasteiger partial charge in [0, 0.05) is 36.1 Å². The van der Waals surface area contributed by atoms with Gasteiger partial charge in [0.25, 0.3) is 0 Å². The maximum absolute atomic E-state index is 13.3. The third kappa shape index (κ3) is 8.66. The van der Waals surface area contributed by atoms with Gasteiger partial charge in [0.05, 0.1) is 11.9 Å². The third-order valence-corrected chi connectivity index (χ3v) is 7.12. The fraction of sp³-hybridized carbons (Fsp3) is 0.417. The van der Waals surface area contributed by atoms with Gasteiger partial charge >= 0.3 is 0 Å². The Bertz CT molecular complexity index is 1130. The van der Waals surface area contributed by atoms with E-state index in [9.17, 15) is 22.4 Å². The highest BCUT2D eigenvalue weighted by molar-refractivity contribution is 7.92. The summed E-state index contributed by atoms with van der Waals surface area (Å²) in [7, 11) is -3.66. The number of anilines is 1. The van der Waals surface area contributed by atoms with Crippen LogP contribution in [0.25, 0.3) is 0 Å². The number of amides is 2. The van der Waals surface area contributed by atoms with Gasteiger partial charge < -0.3 is 10.2 Å². The SMILES string of the molecule is CCCNC(=O)[C@H](C)N(Cc1ccc(Cl)cc1Cl)C(=O)CCCN(c1ccc(F)cc1)S(C)(=O)=O. The van der Waals surface area contributed by atoms with Gasteiger partial charge in [-0.05, 0) is 61.7 Å². The van der Waals surface area contributed by atoms with Gasteiger partial charge in [0.15, 0.2) is 0 Å². The standard InChI is InChI=1S/C24H30Cl2FN3O4S/c1-4-13-28-24(32)17(2)29(16-18-7-8-19(25)15-22(18)26)23(31)6-5-14-30(35(3,33)34)21-11-9-20(27)10-12-21/h7-12,15,17H,4-6,13-14,16H2,1-3H3,(H,28,32)/t17-/m0/s1. The molecule has 0 aliphatic carbocycles. The second-order valence-corrected chi connectivity index (χ2v) is 10.9. The lowest BCUT2D eigenvalue weighted by atomic mass is 10.1. The summed E-state index contributed by atoms with van der Waals surface area (Å²) in [5.74, 6) is -1.11. The van der Waals surface area contributed by atoms with E-state index in [1.165, 1.54) is 29.2 Å². The summed E-state index contributed by atoms with van der Waals surface area (Å²) in [4.78, 5) is 27.3. The summed E-state index contributed by atoms with van der Waals surface area (Å²) in [5, 5.41) is 3.61. The number of hydrogen-bond donors (Lipinski definition) is 1. The minimum absolute atomic E-state index is 0.0101. The normalized spacial score (nSPS) is 12.2. The quantitative estimate of drug-likeness (QED) is 0.421. The van der Waals surface area contributed by atoms with Crippen molar-refractivity contribution < 1.29 is 22.4 Å². The maximum atomic E-state index is 13.3. The Labute approximate surface area is 216 Å². The van der Waals surface area contributed by atoms with E-state index < -0.39 is 21.9 Å². The topological polar surface area (TPSA) is 86.8 Å². The molecule has 0 aliphatic rings. The first-order valence-electron chi connectivity index (χ1n) is 11.2. The van der Waals surface area contributed by atoms with Crippen molar-refractivity contribution in [3.63, 3.8) is 0 Å². The van der Waals surface area contributed by atoms with Crippen molar-refractivity contribution in [2.24, 2.45) is 0 Å². The molecule has 2 rings (SSSR count). The number of benzene rings is 2. The van der Waals surface area contributed by atoms with Gasteiger partial charge in [-0.15, -0.1) is 0 Å². The van der Waals surface area contributed by atoms with E-state index in [4.69, 9.17) is 23.2 Å². The van der Waals surface area contributed by atoms with Crippen LogP contribution < -0.4 is 9.62 Å². The van der Waals surface area contributed by atoms with Crippen LogP contribution in [-0.4, -0.2) is 50.5 Å². The molecule has 192 valence electrons. The van der Waals surface area contributed by atoms with Crippen LogP contribution in [0.2, 0.25) is 10.0 Å². The zero-order valence-corrected chi connectivity index (χ0v) is 22.3. The van der Waals surface area contributed by atoms with E-state index in [0.29, 0.717) is 27.8 Å². The molecular weight excluding hydrogens is 516 g/mol. The Morgan fingerprint density at radius 2 is 1.77 bits per heavy atom. The molecule has 0 saturated carbocycles. The van der Waals surface area contributed by atoms with E-state index in [-0.39, 0.29) is 37.7 Å². The molecule has 0 aliphatic heterocycles. The Balaban J connectivity index is 2.18. The van der Waals surface area contributed by atoms with Gasteiger partial charge in [-0.3, -0.25) is 13.9 Å². The second-order valence-electron chi connectivity index (χ2n) is 8.14. The highest BCUT2D eigenvalue weighted by atomic mass is 35.5. The lowest BCUT2D eigenvalue weighted by Crippen LogP contribution is -2.48. The van der Waals surface area contributed by atoms with Gasteiger partial charge in [0.1, 0.15) is 11.9 Å². The monoisotopic (exact) mass is 545 g/mol. The Kier molecular flexibility index (Phi) is 10.8. The highest BCUT2D eigenvalue weighted by Gasteiger charge is 2.27. The van der Waals surface area contributed by atoms with Crippen LogP contribution in [0.3, 0.4) is 0 Å². The predicted molar refractivity (Wildman–Crippen MR) is 138 cm³/mol. The van der Waals surface area contributed by atoms with E-state index in [2.05, 4.69) is 5.32 Å². The highest BCUT2D eigenvalue weighted by Crippen LogP contribution is 2.24. The van der Waals surface area contributed by atoms with Crippen molar-refractivity contribution in [1.29, 1.82) is 0 Å². The molecule has 11 heteroatoms. The van der Waals surface area contributed by atoms with Crippen LogP contribution >= 0.6 is 23.2 Å². The molecule has 0 bridgehead atoms. The van der Waals surface area contributed by atoms with Crippen molar-refractivity contribution in [3.05, 3.63) is 63.9 Å². The van der Waals surface area contributed by atoms with Crippen molar-refractivity contribution in [2.75, 3.05) is 23.7 Å². The molecule has 1 atom stereocenters. The Morgan fingerprint density at radius 3 is 2.34 bits per heavy atom. The van der Waals surface area contributed by atoms with Crippen LogP contribution in [0.15, 0.2) is 42.5 Å². The molecule has 0 fully saturated rings. The van der Waals surface area contributed by atoms with Crippen molar-refractivity contribution in [1.82, 2.24) is 10.2 Å². The van der Waals surface area contributed by atoms with Gasteiger partial charge in [0.2, 0.25) is 21.8 Å². The fourth-order valence-corrected chi connectivity index (χ4v) is 4.86. The molecule has 1 N–H and O–H groups in total. The molecule has 7 nitrogen and oxygen atoms in total. The van der Waals surface area contributed by atoms with Crippen molar-refractivity contribution >= 4 is 50.7 Å². The van der Waals surface area contributed by atoms with Crippen LogP contribution in [-0.2, 0) is 26.2 Å². The number of sulfonamides is 1. The minimum Gasteiger partial charge on any atom is -0.354 e. The lowest BCUT2D eigenvalue weighted by Gasteiger charge is -2.29. The summed E-state index contributed by atoms with van der Waals surface area (Å²) in [6.45, 7) is 4.14. The molecule has 0 radical (unpaired) electrons. The molecule has 0 spiro atoms. The predicted octanol–water partition coefficient (Wildman–Crippen LogP) is 4.62. The molecule has 0 heterocycles. The summed E-state index contributed by atoms with van der Waals surface area (Å²) in [6, 6.07) is 9.22. The number of carbonyl (C=O) groups is 2. The minimum atomic E-state index is -3.66. The van der Waals surface area contributed by atoms with Gasteiger partial charge in [-0.1, -0.05) is 36.2 Å². The molecule has 0 unspecified atom stereocenters. The molecule has 35 heavy (non-hydrogen) atoms. The molecule has 2 amide bonds. The van der Waals surface area contributed by atoms with E-state index in [0.717, 1.165) is 17.0 Å². The second kappa shape index (κ2) is 13.1. The number of rotatable bonds is 12. The number of nitrogens with one attached hydrogen (secondary N) is 1. The number of halogens is 3. The van der Waals surface area contributed by atoms with Crippen molar-refractivity contribution in [3.8, 4) is 0 Å². The summed E-state index contributed by atoms with van der Waals surface area (Å²) in [5.41, 5.74) is 0.932. The average Bonchev–Trinajstić information content (AvgIpc) is 2.79. The van der Waals surface area contributed by atoms with E-state index in [1.54, 1.807) is 25.1 Å². The van der Waals surface area contributed by atoms with Crippen LogP contribution in [0.5, 0.6) is 0 Å². The lowest BCUT2D eigenvalue weighted by molar-refractivity contribution is -0.140. The van der Waals surface area contributed by atoms with Crippen LogP contribution in [0, 0.1) is 5.82 Å². The smallest absolute Gasteiger partial charge is 0.242 e.